The molecule has 3 rings (SSSR count). The maximum Gasteiger partial charge on any atom is 0.577 e. The molecule has 0 spiro atoms. The minimum Gasteiger partial charge on any atom is -0.360 e. The average Bonchev–Trinajstić information content (AvgIpc) is 2.93. The number of aromatic amines is 1. The van der Waals surface area contributed by atoms with Crippen LogP contribution in [0.3, 0.4) is 0 Å². The van der Waals surface area contributed by atoms with Gasteiger partial charge in [0.25, 0.3) is 0 Å². The van der Waals surface area contributed by atoms with E-state index >= 15 is 0 Å². The van der Waals surface area contributed by atoms with Crippen molar-refractivity contribution < 1.29 is 8.63 Å². The summed E-state index contributed by atoms with van der Waals surface area (Å²) in [4.78, 5) is 7.60. The quantitative estimate of drug-likeness (QED) is 0.648. The van der Waals surface area contributed by atoms with Crippen molar-refractivity contribution in [1.82, 2.24) is 9.97 Å². The maximum atomic E-state index is 9.50. The topological polar surface area (TPSA) is 28.7 Å². The van der Waals surface area contributed by atoms with Gasteiger partial charge in [-0.2, -0.15) is 0 Å². The number of H-pyrrole nitrogens is 1. The summed E-state index contributed by atoms with van der Waals surface area (Å²) >= 11 is 0. The van der Waals surface area contributed by atoms with Crippen molar-refractivity contribution in [3.63, 3.8) is 0 Å². The van der Waals surface area contributed by atoms with Crippen molar-refractivity contribution in [2.75, 3.05) is 0 Å². The minimum atomic E-state index is -1.00. The summed E-state index contributed by atoms with van der Waals surface area (Å²) in [6, 6.07) is 14.3. The summed E-state index contributed by atoms with van der Waals surface area (Å²) in [6.45, 7) is 0. The molecule has 18 heavy (non-hydrogen) atoms. The van der Waals surface area contributed by atoms with E-state index in [1.807, 2.05) is 42.7 Å². The van der Waals surface area contributed by atoms with Gasteiger partial charge in [0.2, 0.25) is 0 Å². The summed E-state index contributed by atoms with van der Waals surface area (Å²) in [5.41, 5.74) is 2.07. The number of nitrogens with zero attached hydrogens (tertiary/aromatic N) is 1. The first-order valence-electron chi connectivity index (χ1n) is 5.36. The highest BCUT2D eigenvalue weighted by Crippen LogP contribution is 2.24. The molecular weight excluding hydrogens is 233 g/mol. The zero-order valence-electron chi connectivity index (χ0n) is 9.48. The molecule has 89 valence electrons. The predicted molar refractivity (Wildman–Crippen MR) is 69.5 cm³/mol. The van der Waals surface area contributed by atoms with E-state index in [1.54, 1.807) is 0 Å². The number of benzene rings is 1. The molecule has 2 nitrogen and oxygen atoms in total. The fourth-order valence-electron chi connectivity index (χ4n) is 1.81. The van der Waals surface area contributed by atoms with Gasteiger partial charge in [0.15, 0.2) is 0 Å². The van der Waals surface area contributed by atoms with Crippen LogP contribution in [-0.2, 0) is 0 Å². The van der Waals surface area contributed by atoms with Crippen LogP contribution >= 0.6 is 0 Å². The standard InChI is InChI=1S/C13H10N2.BF2/c1-2-5-11-10(4-1)7-9-15-13(11)12-6-3-8-14-12;2-1-3/h1-9,14H;. The number of nitrogens with one attached hydrogen (secondary N) is 1. The number of hydrogen-bond donors (Lipinski definition) is 1. The van der Waals surface area contributed by atoms with Gasteiger partial charge >= 0.3 is 7.83 Å². The second-order valence-electron chi connectivity index (χ2n) is 3.55. The van der Waals surface area contributed by atoms with Crippen molar-refractivity contribution in [3.8, 4) is 11.4 Å². The monoisotopic (exact) mass is 243 g/mol. The fourth-order valence-corrected chi connectivity index (χ4v) is 1.81. The Balaban J connectivity index is 0.000000367. The molecule has 0 saturated heterocycles. The summed E-state index contributed by atoms with van der Waals surface area (Å²) in [7, 11) is -1.00. The molecule has 2 aromatic heterocycles. The van der Waals surface area contributed by atoms with Crippen LogP contribution in [0.4, 0.5) is 8.63 Å². The van der Waals surface area contributed by atoms with E-state index in [0.717, 1.165) is 11.4 Å². The maximum absolute atomic E-state index is 9.50. The van der Waals surface area contributed by atoms with E-state index in [-0.39, 0.29) is 0 Å². The van der Waals surface area contributed by atoms with E-state index in [4.69, 9.17) is 0 Å². The van der Waals surface area contributed by atoms with Gasteiger partial charge < -0.3 is 4.98 Å². The third kappa shape index (κ3) is 2.56. The molecule has 0 fully saturated rings. The molecule has 5 heteroatoms. The smallest absolute Gasteiger partial charge is 0.360 e. The van der Waals surface area contributed by atoms with Gasteiger partial charge in [0.05, 0.1) is 11.4 Å². The number of fused-ring (bicyclic) bond motifs is 1. The highest BCUT2D eigenvalue weighted by atomic mass is 19.2. The number of aromatic nitrogens is 2. The molecule has 3 aromatic rings. The van der Waals surface area contributed by atoms with E-state index in [2.05, 4.69) is 22.1 Å². The largest absolute Gasteiger partial charge is 0.577 e. The van der Waals surface area contributed by atoms with Crippen LogP contribution in [0.2, 0.25) is 0 Å². The Labute approximate surface area is 104 Å². The summed E-state index contributed by atoms with van der Waals surface area (Å²) < 4.78 is 19.0. The van der Waals surface area contributed by atoms with Gasteiger partial charge in [-0.3, -0.25) is 13.6 Å². The molecule has 0 aliphatic carbocycles. The van der Waals surface area contributed by atoms with Crippen molar-refractivity contribution in [2.45, 2.75) is 0 Å². The Hall–Kier alpha value is -2.17. The fraction of sp³-hybridized carbons (Fsp3) is 0. The third-order valence-electron chi connectivity index (χ3n) is 2.53. The van der Waals surface area contributed by atoms with Crippen LogP contribution in [0.5, 0.6) is 0 Å². The highest BCUT2D eigenvalue weighted by molar-refractivity contribution is 6.15. The first-order chi connectivity index (χ1) is 8.86. The molecular formula is C13H10BF2N2. The van der Waals surface area contributed by atoms with Crippen molar-refractivity contribution in [2.24, 2.45) is 0 Å². The van der Waals surface area contributed by atoms with Gasteiger partial charge in [-0.15, -0.1) is 0 Å². The molecule has 0 unspecified atom stereocenters. The van der Waals surface area contributed by atoms with Crippen LogP contribution in [0.15, 0.2) is 54.9 Å². The number of halogens is 2. The Kier molecular flexibility index (Phi) is 4.07. The van der Waals surface area contributed by atoms with Crippen LogP contribution in [-0.4, -0.2) is 17.8 Å². The van der Waals surface area contributed by atoms with Gasteiger partial charge in [0.1, 0.15) is 0 Å². The zero-order valence-corrected chi connectivity index (χ0v) is 9.48. The molecule has 0 amide bonds. The number of pyridine rings is 1. The lowest BCUT2D eigenvalue weighted by Crippen LogP contribution is -1.85. The van der Waals surface area contributed by atoms with Crippen LogP contribution in [0.1, 0.15) is 0 Å². The normalized spacial score (nSPS) is 9.67. The Morgan fingerprint density at radius 2 is 1.78 bits per heavy atom. The third-order valence-corrected chi connectivity index (χ3v) is 2.53. The Morgan fingerprint density at radius 3 is 2.50 bits per heavy atom. The zero-order chi connectivity index (χ0) is 12.8. The first kappa shape index (κ1) is 12.3. The van der Waals surface area contributed by atoms with Gasteiger partial charge in [-0.1, -0.05) is 24.3 Å². The molecule has 0 aliphatic heterocycles. The van der Waals surface area contributed by atoms with Crippen LogP contribution in [0.25, 0.3) is 22.2 Å². The summed E-state index contributed by atoms with van der Waals surface area (Å²) in [5, 5.41) is 2.40. The Bertz CT molecular complexity index is 606. The van der Waals surface area contributed by atoms with Crippen LogP contribution < -0.4 is 0 Å². The molecule has 1 N–H and O–H groups in total. The lowest BCUT2D eigenvalue weighted by atomic mass is 10.1. The molecule has 1 radical (unpaired) electrons. The molecule has 2 heterocycles. The van der Waals surface area contributed by atoms with E-state index in [9.17, 15) is 8.63 Å². The first-order valence-corrected chi connectivity index (χ1v) is 5.36. The Morgan fingerprint density at radius 1 is 1.00 bits per heavy atom. The lowest BCUT2D eigenvalue weighted by Gasteiger charge is -2.02. The van der Waals surface area contributed by atoms with Gasteiger partial charge in [-0.05, 0) is 23.6 Å². The van der Waals surface area contributed by atoms with E-state index < -0.39 is 7.83 Å². The van der Waals surface area contributed by atoms with Gasteiger partial charge in [-0.25, -0.2) is 0 Å². The molecule has 0 atom stereocenters. The second-order valence-corrected chi connectivity index (χ2v) is 3.55. The molecule has 1 aromatic carbocycles. The average molecular weight is 243 g/mol. The second kappa shape index (κ2) is 5.96. The highest BCUT2D eigenvalue weighted by Gasteiger charge is 2.04. The van der Waals surface area contributed by atoms with E-state index in [1.165, 1.54) is 10.8 Å². The molecule has 0 aliphatic rings. The predicted octanol–water partition coefficient (Wildman–Crippen LogP) is 3.69. The van der Waals surface area contributed by atoms with Crippen molar-refractivity contribution >= 4 is 18.6 Å². The SMILES string of the molecule is F[B]F.c1c[nH]c(-c2nccc3ccccc23)c1. The van der Waals surface area contributed by atoms with Gasteiger partial charge in [0, 0.05) is 17.8 Å². The van der Waals surface area contributed by atoms with Crippen molar-refractivity contribution in [3.05, 3.63) is 54.9 Å². The molecule has 0 saturated carbocycles. The van der Waals surface area contributed by atoms with E-state index in [0.29, 0.717) is 0 Å². The summed E-state index contributed by atoms with van der Waals surface area (Å²) in [6.07, 6.45) is 3.76. The number of hydrogen-bond acceptors (Lipinski definition) is 1. The number of rotatable bonds is 1. The van der Waals surface area contributed by atoms with Crippen molar-refractivity contribution in [1.29, 1.82) is 0 Å². The van der Waals surface area contributed by atoms with Crippen LogP contribution in [0, 0.1) is 0 Å². The minimum absolute atomic E-state index is 1.00. The summed E-state index contributed by atoms with van der Waals surface area (Å²) in [5.74, 6) is 0. The lowest BCUT2D eigenvalue weighted by molar-refractivity contribution is 0.712. The molecule has 0 bridgehead atoms.